The van der Waals surface area contributed by atoms with E-state index >= 15 is 0 Å². The van der Waals surface area contributed by atoms with Gasteiger partial charge in [-0.3, -0.25) is 0 Å². The van der Waals surface area contributed by atoms with Gasteiger partial charge in [-0.15, -0.1) is 0 Å². The maximum atomic E-state index is 11.8. The van der Waals surface area contributed by atoms with Gasteiger partial charge in [0.25, 0.3) is 0 Å². The van der Waals surface area contributed by atoms with Crippen molar-refractivity contribution in [1.82, 2.24) is 20.2 Å². The Morgan fingerprint density at radius 3 is 2.95 bits per heavy atom. The second-order valence-corrected chi connectivity index (χ2v) is 8.07. The lowest BCUT2D eigenvalue weighted by Crippen LogP contribution is -2.36. The van der Waals surface area contributed by atoms with Gasteiger partial charge >= 0.3 is 0 Å². The number of rotatable bonds is 2. The lowest BCUT2D eigenvalue weighted by Gasteiger charge is -2.21. The van der Waals surface area contributed by atoms with Gasteiger partial charge in [-0.25, -0.2) is 13.4 Å². The normalized spacial score (nSPS) is 27.0. The summed E-state index contributed by atoms with van der Waals surface area (Å²) in [5, 5.41) is 3.72. The van der Waals surface area contributed by atoms with Gasteiger partial charge < -0.3 is 15.2 Å². The number of para-hydroxylation sites is 2. The number of hydrogen-bond acceptors (Lipinski definition) is 4. The number of benzene rings is 1. The van der Waals surface area contributed by atoms with Crippen LogP contribution < -0.4 is 5.32 Å². The second-order valence-electron chi connectivity index (χ2n) is 5.53. The molecule has 110 valence electrons. The highest BCUT2D eigenvalue weighted by Crippen LogP contribution is 2.25. The Hall–Kier alpha value is -1.67. The minimum absolute atomic E-state index is 0.0873. The van der Waals surface area contributed by atoms with E-state index < -0.39 is 9.84 Å². The minimum Gasteiger partial charge on any atom is -0.357 e. The van der Waals surface area contributed by atoms with Crippen molar-refractivity contribution in [3.8, 4) is 0 Å². The Morgan fingerprint density at radius 1 is 1.33 bits per heavy atom. The number of thiocarbonyl (C=S) groups is 1. The highest BCUT2D eigenvalue weighted by molar-refractivity contribution is 7.91. The van der Waals surface area contributed by atoms with Crippen LogP contribution in [0.25, 0.3) is 11.0 Å². The van der Waals surface area contributed by atoms with Crippen molar-refractivity contribution in [3.05, 3.63) is 30.1 Å². The molecule has 0 amide bonds. The summed E-state index contributed by atoms with van der Waals surface area (Å²) in [6, 6.07) is 7.62. The molecule has 0 saturated carbocycles. The van der Waals surface area contributed by atoms with Crippen LogP contribution in [0.1, 0.15) is 5.82 Å². The summed E-state index contributed by atoms with van der Waals surface area (Å²) in [5.74, 6) is 1.12. The van der Waals surface area contributed by atoms with Crippen molar-refractivity contribution in [1.29, 1.82) is 0 Å². The molecule has 0 radical (unpaired) electrons. The number of aromatic nitrogens is 2. The minimum atomic E-state index is -2.97. The Morgan fingerprint density at radius 2 is 2.14 bits per heavy atom. The standard InChI is InChI=1S/C13H14N4O2S2/c18-21(19)6-10-11(7-21)17(13(20)16-10)5-12-14-8-3-1-2-4-9(8)15-12/h1-4,10-11H,5-7H2,(H,14,15)(H,16,20)/t10-,11-/m0/s1. The Labute approximate surface area is 127 Å². The van der Waals surface area contributed by atoms with E-state index in [1.54, 1.807) is 0 Å². The number of nitrogens with zero attached hydrogens (tertiary/aromatic N) is 2. The smallest absolute Gasteiger partial charge is 0.170 e. The predicted octanol–water partition coefficient (Wildman–Crippen LogP) is 0.419. The monoisotopic (exact) mass is 322 g/mol. The average molecular weight is 322 g/mol. The molecule has 2 fully saturated rings. The van der Waals surface area contributed by atoms with Crippen molar-refractivity contribution in [2.75, 3.05) is 11.5 Å². The first kappa shape index (κ1) is 13.0. The molecule has 1 aromatic heterocycles. The van der Waals surface area contributed by atoms with Gasteiger partial charge in [-0.2, -0.15) is 0 Å². The summed E-state index contributed by atoms with van der Waals surface area (Å²) < 4.78 is 23.5. The maximum Gasteiger partial charge on any atom is 0.170 e. The Kier molecular flexibility index (Phi) is 2.74. The van der Waals surface area contributed by atoms with E-state index in [4.69, 9.17) is 12.2 Å². The fraction of sp³-hybridized carbons (Fsp3) is 0.385. The zero-order valence-electron chi connectivity index (χ0n) is 11.1. The van der Waals surface area contributed by atoms with Gasteiger partial charge in [0, 0.05) is 0 Å². The van der Waals surface area contributed by atoms with Gasteiger partial charge in [-0.05, 0) is 24.4 Å². The van der Waals surface area contributed by atoms with Gasteiger partial charge in [0.2, 0.25) is 0 Å². The van der Waals surface area contributed by atoms with Gasteiger partial charge in [0.15, 0.2) is 14.9 Å². The van der Waals surface area contributed by atoms with Crippen LogP contribution in [-0.4, -0.2) is 52.0 Å². The van der Waals surface area contributed by atoms with E-state index in [9.17, 15) is 8.42 Å². The Bertz CT molecular complexity index is 797. The molecule has 1 aromatic carbocycles. The molecule has 2 aliphatic rings. The van der Waals surface area contributed by atoms with Crippen LogP contribution >= 0.6 is 12.2 Å². The van der Waals surface area contributed by atoms with Crippen molar-refractivity contribution in [2.24, 2.45) is 0 Å². The van der Waals surface area contributed by atoms with Crippen LogP contribution in [0.3, 0.4) is 0 Å². The maximum absolute atomic E-state index is 11.8. The van der Waals surface area contributed by atoms with E-state index in [-0.39, 0.29) is 23.6 Å². The molecule has 2 N–H and O–H groups in total. The SMILES string of the molecule is O=S1(=O)C[C@@H]2NC(=S)N(Cc3nc4ccccc4[nH]3)[C@H]2C1. The summed E-state index contributed by atoms with van der Waals surface area (Å²) in [6.45, 7) is 0.497. The van der Waals surface area contributed by atoms with Crippen LogP contribution in [-0.2, 0) is 16.4 Å². The third-order valence-electron chi connectivity index (χ3n) is 4.05. The molecule has 0 unspecified atom stereocenters. The lowest BCUT2D eigenvalue weighted by atomic mass is 10.2. The zero-order valence-corrected chi connectivity index (χ0v) is 12.7. The first-order valence-electron chi connectivity index (χ1n) is 6.73. The van der Waals surface area contributed by atoms with Crippen LogP contribution in [0.15, 0.2) is 24.3 Å². The topological polar surface area (TPSA) is 78.1 Å². The van der Waals surface area contributed by atoms with Gasteiger partial charge in [0.1, 0.15) is 5.82 Å². The number of imidazole rings is 1. The molecule has 21 heavy (non-hydrogen) atoms. The summed E-state index contributed by atoms with van der Waals surface area (Å²) in [7, 11) is -2.97. The molecule has 0 aliphatic carbocycles. The first-order valence-corrected chi connectivity index (χ1v) is 8.96. The van der Waals surface area contributed by atoms with E-state index in [2.05, 4.69) is 15.3 Å². The number of sulfone groups is 1. The quantitative estimate of drug-likeness (QED) is 0.780. The van der Waals surface area contributed by atoms with E-state index in [1.165, 1.54) is 0 Å². The summed E-state index contributed by atoms with van der Waals surface area (Å²) in [5.41, 5.74) is 1.88. The summed E-state index contributed by atoms with van der Waals surface area (Å²) >= 11 is 5.33. The van der Waals surface area contributed by atoms with Gasteiger partial charge in [0.05, 0.1) is 41.2 Å². The van der Waals surface area contributed by atoms with E-state index in [0.29, 0.717) is 11.7 Å². The third-order valence-corrected chi connectivity index (χ3v) is 6.12. The highest BCUT2D eigenvalue weighted by Gasteiger charge is 2.47. The fourth-order valence-electron chi connectivity index (χ4n) is 3.10. The van der Waals surface area contributed by atoms with Crippen LogP contribution in [0.2, 0.25) is 0 Å². The number of H-pyrrole nitrogens is 1. The fourth-order valence-corrected chi connectivity index (χ4v) is 5.37. The Balaban J connectivity index is 1.62. The number of hydrogen-bond donors (Lipinski definition) is 2. The molecule has 2 saturated heterocycles. The molecule has 0 bridgehead atoms. The number of aromatic amines is 1. The van der Waals surface area contributed by atoms with Crippen molar-refractivity contribution < 1.29 is 8.42 Å². The molecular weight excluding hydrogens is 308 g/mol. The lowest BCUT2D eigenvalue weighted by molar-refractivity contribution is 0.342. The molecule has 2 aliphatic heterocycles. The molecule has 4 rings (SSSR count). The summed E-state index contributed by atoms with van der Waals surface area (Å²) in [4.78, 5) is 9.71. The highest BCUT2D eigenvalue weighted by atomic mass is 32.2. The molecule has 3 heterocycles. The average Bonchev–Trinajstić information content (AvgIpc) is 3.02. The zero-order chi connectivity index (χ0) is 14.6. The van der Waals surface area contributed by atoms with Crippen molar-refractivity contribution in [2.45, 2.75) is 18.6 Å². The van der Waals surface area contributed by atoms with E-state index in [0.717, 1.165) is 16.9 Å². The largest absolute Gasteiger partial charge is 0.357 e. The molecule has 6 nitrogen and oxygen atoms in total. The van der Waals surface area contributed by atoms with Crippen LogP contribution in [0.5, 0.6) is 0 Å². The molecule has 2 aromatic rings. The van der Waals surface area contributed by atoms with Crippen molar-refractivity contribution >= 4 is 38.2 Å². The van der Waals surface area contributed by atoms with Crippen LogP contribution in [0, 0.1) is 0 Å². The number of fused-ring (bicyclic) bond motifs is 2. The summed E-state index contributed by atoms with van der Waals surface area (Å²) in [6.07, 6.45) is 0. The van der Waals surface area contributed by atoms with Gasteiger partial charge in [-0.1, -0.05) is 12.1 Å². The molecular formula is C13H14N4O2S2. The second kappa shape index (κ2) is 4.41. The number of nitrogens with one attached hydrogen (secondary N) is 2. The molecule has 2 atom stereocenters. The van der Waals surface area contributed by atoms with Crippen molar-refractivity contribution in [3.63, 3.8) is 0 Å². The molecule has 0 spiro atoms. The molecule has 8 heteroatoms. The third kappa shape index (κ3) is 2.18. The van der Waals surface area contributed by atoms with Crippen LogP contribution in [0.4, 0.5) is 0 Å². The first-order chi connectivity index (χ1) is 10.0. The predicted molar refractivity (Wildman–Crippen MR) is 83.6 cm³/mol. The van der Waals surface area contributed by atoms with E-state index in [1.807, 2.05) is 29.2 Å².